The summed E-state index contributed by atoms with van der Waals surface area (Å²) in [5.74, 6) is -1.01. The number of carboxylic acid groups (broad SMARTS) is 1. The zero-order chi connectivity index (χ0) is 27.4. The van der Waals surface area contributed by atoms with Crippen LogP contribution in [-0.2, 0) is 13.1 Å². The molecule has 1 atom stereocenters. The number of carboxylic acids is 1. The Balaban J connectivity index is 1.47. The SMILES string of the molecule is CC(C)(C)[C@@H](Nc1c(Nc2ccc(F)c3c2CN(c2ccccc2C(=O)O)C3)c(=O)c1=O)c1ccc(Cl)o1. The minimum atomic E-state index is -1.08. The fourth-order valence-corrected chi connectivity index (χ4v) is 4.95. The van der Waals surface area contributed by atoms with Gasteiger partial charge in [-0.2, -0.15) is 0 Å². The van der Waals surface area contributed by atoms with E-state index in [4.69, 9.17) is 16.0 Å². The molecule has 0 aliphatic carbocycles. The molecule has 4 aromatic rings. The van der Waals surface area contributed by atoms with Crippen LogP contribution in [0.5, 0.6) is 0 Å². The van der Waals surface area contributed by atoms with E-state index in [1.54, 1.807) is 35.2 Å². The van der Waals surface area contributed by atoms with Crippen LogP contribution in [0.4, 0.5) is 27.1 Å². The summed E-state index contributed by atoms with van der Waals surface area (Å²) in [6.45, 7) is 6.24. The van der Waals surface area contributed by atoms with E-state index >= 15 is 0 Å². The molecular weight excluding hydrogens is 513 g/mol. The molecule has 1 aromatic heterocycles. The maximum atomic E-state index is 14.8. The van der Waals surface area contributed by atoms with Crippen LogP contribution in [-0.4, -0.2) is 11.1 Å². The van der Waals surface area contributed by atoms with Gasteiger partial charge in [0.2, 0.25) is 0 Å². The first-order valence-electron chi connectivity index (χ1n) is 12.0. The van der Waals surface area contributed by atoms with Crippen molar-refractivity contribution in [1.29, 1.82) is 0 Å². The first kappa shape index (κ1) is 25.5. The Morgan fingerprint density at radius 2 is 1.71 bits per heavy atom. The number of carbonyl (C=O) groups is 1. The van der Waals surface area contributed by atoms with Crippen molar-refractivity contribution in [3.05, 3.63) is 102 Å². The van der Waals surface area contributed by atoms with E-state index in [1.807, 2.05) is 20.8 Å². The average molecular weight is 538 g/mol. The minimum Gasteiger partial charge on any atom is -0.478 e. The number of furan rings is 1. The molecule has 0 saturated heterocycles. The van der Waals surface area contributed by atoms with Crippen molar-refractivity contribution in [2.24, 2.45) is 5.41 Å². The van der Waals surface area contributed by atoms with Crippen molar-refractivity contribution in [1.82, 2.24) is 0 Å². The summed E-state index contributed by atoms with van der Waals surface area (Å²) in [6, 6.07) is 12.2. The Bertz CT molecular complexity index is 1630. The van der Waals surface area contributed by atoms with E-state index in [0.29, 0.717) is 28.3 Å². The van der Waals surface area contributed by atoms with Crippen molar-refractivity contribution in [2.75, 3.05) is 15.5 Å². The fraction of sp³-hybridized carbons (Fsp3) is 0.250. The molecule has 5 rings (SSSR count). The summed E-state index contributed by atoms with van der Waals surface area (Å²) in [6.07, 6.45) is 0. The number of nitrogens with zero attached hydrogens (tertiary/aromatic N) is 1. The number of halogens is 2. The second-order valence-corrected chi connectivity index (χ2v) is 10.7. The van der Waals surface area contributed by atoms with Gasteiger partial charge in [-0.15, -0.1) is 0 Å². The third-order valence-electron chi connectivity index (χ3n) is 6.75. The monoisotopic (exact) mass is 537 g/mol. The van der Waals surface area contributed by atoms with E-state index in [2.05, 4.69) is 10.6 Å². The normalized spacial score (nSPS) is 14.0. The zero-order valence-electron chi connectivity index (χ0n) is 20.9. The van der Waals surface area contributed by atoms with Gasteiger partial charge in [0.1, 0.15) is 23.0 Å². The first-order chi connectivity index (χ1) is 18.0. The van der Waals surface area contributed by atoms with Gasteiger partial charge in [-0.25, -0.2) is 9.18 Å². The molecule has 196 valence electrons. The van der Waals surface area contributed by atoms with Crippen LogP contribution in [0.2, 0.25) is 5.22 Å². The smallest absolute Gasteiger partial charge is 0.337 e. The minimum absolute atomic E-state index is 0.0695. The van der Waals surface area contributed by atoms with Crippen molar-refractivity contribution in [3.63, 3.8) is 0 Å². The van der Waals surface area contributed by atoms with Crippen molar-refractivity contribution < 1.29 is 18.7 Å². The predicted octanol–water partition coefficient (Wildman–Crippen LogP) is 5.83. The highest BCUT2D eigenvalue weighted by molar-refractivity contribution is 6.28. The molecule has 0 fully saturated rings. The molecule has 0 radical (unpaired) electrons. The third-order valence-corrected chi connectivity index (χ3v) is 6.95. The lowest BCUT2D eigenvalue weighted by Gasteiger charge is -2.31. The molecule has 2 heterocycles. The summed E-state index contributed by atoms with van der Waals surface area (Å²) in [7, 11) is 0. The molecule has 0 amide bonds. The van der Waals surface area contributed by atoms with Crippen LogP contribution in [0.25, 0.3) is 0 Å². The van der Waals surface area contributed by atoms with Gasteiger partial charge in [0.15, 0.2) is 5.22 Å². The second-order valence-electron chi connectivity index (χ2n) is 10.3. The van der Waals surface area contributed by atoms with Gasteiger partial charge in [0, 0.05) is 29.9 Å². The van der Waals surface area contributed by atoms with Crippen molar-refractivity contribution in [3.8, 4) is 0 Å². The second kappa shape index (κ2) is 9.33. The summed E-state index contributed by atoms with van der Waals surface area (Å²) >= 11 is 5.97. The Morgan fingerprint density at radius 1 is 1.03 bits per heavy atom. The molecular formula is C28H25ClFN3O5. The maximum Gasteiger partial charge on any atom is 0.337 e. The number of fused-ring (bicyclic) bond motifs is 1. The highest BCUT2D eigenvalue weighted by Gasteiger charge is 2.34. The lowest BCUT2D eigenvalue weighted by atomic mass is 9.85. The number of nitrogens with one attached hydrogen (secondary N) is 2. The molecule has 10 heteroatoms. The lowest BCUT2D eigenvalue weighted by molar-refractivity contribution is 0.0697. The van der Waals surface area contributed by atoms with Gasteiger partial charge in [0.25, 0.3) is 10.9 Å². The average Bonchev–Trinajstić information content (AvgIpc) is 3.51. The molecule has 1 aliphatic heterocycles. The van der Waals surface area contributed by atoms with Gasteiger partial charge in [-0.1, -0.05) is 32.9 Å². The van der Waals surface area contributed by atoms with Crippen LogP contribution >= 0.6 is 11.6 Å². The molecule has 3 N–H and O–H groups in total. The Kier molecular flexibility index (Phi) is 6.27. The Morgan fingerprint density at radius 3 is 2.37 bits per heavy atom. The molecule has 0 spiro atoms. The number of para-hydroxylation sites is 1. The first-order valence-corrected chi connectivity index (χ1v) is 12.3. The van der Waals surface area contributed by atoms with Crippen LogP contribution in [0, 0.1) is 11.2 Å². The number of benzene rings is 2. The molecule has 8 nitrogen and oxygen atoms in total. The van der Waals surface area contributed by atoms with Crippen molar-refractivity contribution >= 4 is 40.3 Å². The van der Waals surface area contributed by atoms with E-state index in [9.17, 15) is 23.9 Å². The number of hydrogen-bond donors (Lipinski definition) is 3. The fourth-order valence-electron chi connectivity index (χ4n) is 4.80. The maximum absolute atomic E-state index is 14.8. The van der Waals surface area contributed by atoms with E-state index in [1.165, 1.54) is 18.2 Å². The lowest BCUT2D eigenvalue weighted by Crippen LogP contribution is -2.39. The van der Waals surface area contributed by atoms with E-state index in [0.717, 1.165) is 0 Å². The number of aromatic carboxylic acids is 1. The van der Waals surface area contributed by atoms with Gasteiger partial charge in [-0.05, 0) is 53.4 Å². The zero-order valence-corrected chi connectivity index (χ0v) is 21.6. The predicted molar refractivity (Wildman–Crippen MR) is 144 cm³/mol. The summed E-state index contributed by atoms with van der Waals surface area (Å²) in [5, 5.41) is 16.0. The van der Waals surface area contributed by atoms with Gasteiger partial charge >= 0.3 is 5.97 Å². The molecule has 38 heavy (non-hydrogen) atoms. The van der Waals surface area contributed by atoms with Crippen LogP contribution in [0.15, 0.2) is 62.5 Å². The number of rotatable bonds is 7. The third kappa shape index (κ3) is 4.43. The van der Waals surface area contributed by atoms with Crippen LogP contribution in [0.3, 0.4) is 0 Å². The Hall–Kier alpha value is -4.11. The molecule has 1 aliphatic rings. The molecule has 3 aromatic carbocycles. The molecule has 0 unspecified atom stereocenters. The highest BCUT2D eigenvalue weighted by atomic mass is 35.5. The summed E-state index contributed by atoms with van der Waals surface area (Å²) in [5.41, 5.74) is 0.394. The number of hydrogen-bond acceptors (Lipinski definition) is 7. The van der Waals surface area contributed by atoms with E-state index < -0.39 is 34.1 Å². The quantitative estimate of drug-likeness (QED) is 0.252. The van der Waals surface area contributed by atoms with Gasteiger partial charge in [-0.3, -0.25) is 9.59 Å². The van der Waals surface area contributed by atoms with Crippen LogP contribution in [0.1, 0.15) is 54.1 Å². The van der Waals surface area contributed by atoms with E-state index in [-0.39, 0.29) is 35.2 Å². The summed E-state index contributed by atoms with van der Waals surface area (Å²) < 4.78 is 20.4. The molecule has 0 bridgehead atoms. The van der Waals surface area contributed by atoms with Crippen LogP contribution < -0.4 is 26.4 Å². The van der Waals surface area contributed by atoms with Gasteiger partial charge in [0.05, 0.1) is 17.3 Å². The topological polar surface area (TPSA) is 112 Å². The largest absolute Gasteiger partial charge is 0.478 e. The highest BCUT2D eigenvalue weighted by Crippen LogP contribution is 2.40. The summed E-state index contributed by atoms with van der Waals surface area (Å²) in [4.78, 5) is 38.7. The standard InChI is InChI=1S/C28H25ClFN3O5/c1-28(2,3)26(20-10-11-21(29)38-20)32-23-22(24(34)25(23)35)31-18-9-8-17(30)15-12-33(13-16(15)18)19-7-5-4-6-14(19)27(36)37/h4-11,26,31-32H,12-13H2,1-3H3,(H,36,37)/t26-/m0/s1. The number of anilines is 4. The Labute approximate surface area is 222 Å². The van der Waals surface area contributed by atoms with Gasteiger partial charge < -0.3 is 25.1 Å². The van der Waals surface area contributed by atoms with Crippen molar-refractivity contribution in [2.45, 2.75) is 39.9 Å². The molecule has 0 saturated carbocycles.